The molecule has 1 saturated heterocycles. The van der Waals surface area contributed by atoms with Gasteiger partial charge in [0.15, 0.2) is 0 Å². The van der Waals surface area contributed by atoms with Crippen LogP contribution in [0.4, 0.5) is 5.88 Å². The van der Waals surface area contributed by atoms with Crippen LogP contribution in [0.5, 0.6) is 0 Å². The van der Waals surface area contributed by atoms with Crippen molar-refractivity contribution in [3.63, 3.8) is 0 Å². The molecule has 2 N–H and O–H groups in total. The molecule has 108 valence electrons. The zero-order valence-electron chi connectivity index (χ0n) is 12.1. The van der Waals surface area contributed by atoms with Gasteiger partial charge >= 0.3 is 0 Å². The lowest BCUT2D eigenvalue weighted by Gasteiger charge is -2.31. The number of nitrogens with one attached hydrogen (secondary N) is 2. The van der Waals surface area contributed by atoms with Gasteiger partial charge in [-0.2, -0.15) is 5.26 Å². The van der Waals surface area contributed by atoms with Gasteiger partial charge in [0, 0.05) is 31.2 Å². The van der Waals surface area contributed by atoms with Gasteiger partial charge in [-0.05, 0) is 20.8 Å². The highest BCUT2D eigenvalue weighted by Crippen LogP contribution is 2.25. The normalized spacial score (nSPS) is 19.6. The van der Waals surface area contributed by atoms with Crippen molar-refractivity contribution < 1.29 is 9.21 Å². The van der Waals surface area contributed by atoms with E-state index in [0.29, 0.717) is 23.9 Å². The molecule has 1 aliphatic rings. The van der Waals surface area contributed by atoms with E-state index in [0.717, 1.165) is 25.2 Å². The molecule has 1 aliphatic heterocycles. The first-order valence-corrected chi connectivity index (χ1v) is 6.77. The van der Waals surface area contributed by atoms with E-state index in [9.17, 15) is 4.79 Å². The highest BCUT2D eigenvalue weighted by molar-refractivity contribution is 5.92. The van der Waals surface area contributed by atoms with Crippen LogP contribution in [0.1, 0.15) is 23.8 Å². The highest BCUT2D eigenvalue weighted by Gasteiger charge is 2.20. The number of furan rings is 1. The Kier molecular flexibility index (Phi) is 4.42. The van der Waals surface area contributed by atoms with E-state index in [1.54, 1.807) is 6.92 Å². The van der Waals surface area contributed by atoms with Crippen molar-refractivity contribution in [2.45, 2.75) is 26.8 Å². The second-order valence-corrected chi connectivity index (χ2v) is 5.24. The molecule has 6 heteroatoms. The molecule has 1 aromatic rings. The molecule has 6 nitrogen and oxygen atoms in total. The Balaban J connectivity index is 1.98. The maximum atomic E-state index is 12.0. The summed E-state index contributed by atoms with van der Waals surface area (Å²) in [5.41, 5.74) is 1.18. The lowest BCUT2D eigenvalue weighted by atomic mass is 10.2. The lowest BCUT2D eigenvalue weighted by molar-refractivity contribution is -0.117. The molecule has 2 rings (SSSR count). The summed E-state index contributed by atoms with van der Waals surface area (Å²) in [5, 5.41) is 15.1. The summed E-state index contributed by atoms with van der Waals surface area (Å²) in [6.07, 6.45) is 0. The third kappa shape index (κ3) is 3.18. The van der Waals surface area contributed by atoms with Crippen LogP contribution in [0.2, 0.25) is 0 Å². The standard InChI is InChI=1S/C14H20N4O2/c1-9-7-18(5-4-16-9)8-13(19)17-14-12(6-15)10(2)11(3)20-14/h9,16H,4-5,7-8H2,1-3H3,(H,17,19)/t9-/m1/s1. The van der Waals surface area contributed by atoms with Gasteiger partial charge in [0.1, 0.15) is 17.4 Å². The SMILES string of the molecule is Cc1oc(NC(=O)CN2CCN[C@H](C)C2)c(C#N)c1C. The van der Waals surface area contributed by atoms with Crippen molar-refractivity contribution >= 4 is 11.8 Å². The summed E-state index contributed by atoms with van der Waals surface area (Å²) in [7, 11) is 0. The lowest BCUT2D eigenvalue weighted by Crippen LogP contribution is -2.51. The molecule has 1 amide bonds. The zero-order chi connectivity index (χ0) is 14.7. The fourth-order valence-electron chi connectivity index (χ4n) is 2.37. The van der Waals surface area contributed by atoms with Gasteiger partial charge in [0.05, 0.1) is 6.54 Å². The predicted octanol–water partition coefficient (Wildman–Crippen LogP) is 1.00. The number of amides is 1. The van der Waals surface area contributed by atoms with E-state index in [4.69, 9.17) is 9.68 Å². The predicted molar refractivity (Wildman–Crippen MR) is 75.4 cm³/mol. The van der Waals surface area contributed by atoms with Gasteiger partial charge in [-0.15, -0.1) is 0 Å². The van der Waals surface area contributed by atoms with Crippen LogP contribution in [0.25, 0.3) is 0 Å². The Bertz CT molecular complexity index is 544. The summed E-state index contributed by atoms with van der Waals surface area (Å²) < 4.78 is 5.43. The first-order chi connectivity index (χ1) is 9.51. The van der Waals surface area contributed by atoms with Crippen molar-refractivity contribution in [1.82, 2.24) is 10.2 Å². The van der Waals surface area contributed by atoms with Crippen LogP contribution in [0.3, 0.4) is 0 Å². The molecule has 0 aromatic carbocycles. The number of aryl methyl sites for hydroxylation is 1. The molecule has 0 spiro atoms. The van der Waals surface area contributed by atoms with Gasteiger partial charge in [0.25, 0.3) is 0 Å². The molecule has 2 heterocycles. The molecular formula is C14H20N4O2. The van der Waals surface area contributed by atoms with Crippen molar-refractivity contribution in [2.75, 3.05) is 31.5 Å². The Hall–Kier alpha value is -1.84. The first-order valence-electron chi connectivity index (χ1n) is 6.77. The Morgan fingerprint density at radius 1 is 1.60 bits per heavy atom. The zero-order valence-corrected chi connectivity index (χ0v) is 12.1. The molecule has 0 saturated carbocycles. The van der Waals surface area contributed by atoms with Gasteiger partial charge in [-0.25, -0.2) is 0 Å². The number of hydrogen-bond donors (Lipinski definition) is 2. The van der Waals surface area contributed by atoms with Crippen molar-refractivity contribution in [3.8, 4) is 6.07 Å². The third-order valence-corrected chi connectivity index (χ3v) is 3.57. The van der Waals surface area contributed by atoms with Crippen LogP contribution in [0, 0.1) is 25.2 Å². The second kappa shape index (κ2) is 6.07. The third-order valence-electron chi connectivity index (χ3n) is 3.57. The molecule has 1 fully saturated rings. The summed E-state index contributed by atoms with van der Waals surface area (Å²) in [6.45, 7) is 8.58. The highest BCUT2D eigenvalue weighted by atomic mass is 16.4. The quantitative estimate of drug-likeness (QED) is 0.860. The molecule has 0 unspecified atom stereocenters. The van der Waals surface area contributed by atoms with Gasteiger partial charge < -0.3 is 9.73 Å². The molecule has 1 aromatic heterocycles. The average Bonchev–Trinajstić information content (AvgIpc) is 2.64. The average molecular weight is 276 g/mol. The smallest absolute Gasteiger partial charge is 0.240 e. The maximum Gasteiger partial charge on any atom is 0.240 e. The van der Waals surface area contributed by atoms with E-state index in [-0.39, 0.29) is 11.8 Å². The van der Waals surface area contributed by atoms with Gasteiger partial charge in [0.2, 0.25) is 11.8 Å². The van der Waals surface area contributed by atoms with Crippen LogP contribution in [-0.2, 0) is 4.79 Å². The van der Waals surface area contributed by atoms with Crippen LogP contribution >= 0.6 is 0 Å². The van der Waals surface area contributed by atoms with Gasteiger partial charge in [-0.3, -0.25) is 15.0 Å². The minimum atomic E-state index is -0.149. The summed E-state index contributed by atoms with van der Waals surface area (Å²) >= 11 is 0. The fourth-order valence-corrected chi connectivity index (χ4v) is 2.37. The van der Waals surface area contributed by atoms with Crippen LogP contribution in [0.15, 0.2) is 4.42 Å². The Morgan fingerprint density at radius 2 is 2.35 bits per heavy atom. The largest absolute Gasteiger partial charge is 0.444 e. The number of nitrogens with zero attached hydrogens (tertiary/aromatic N) is 2. The van der Waals surface area contributed by atoms with E-state index >= 15 is 0 Å². The van der Waals surface area contributed by atoms with Crippen LogP contribution < -0.4 is 10.6 Å². The van der Waals surface area contributed by atoms with E-state index in [1.165, 1.54) is 0 Å². The maximum absolute atomic E-state index is 12.0. The molecule has 0 radical (unpaired) electrons. The number of carbonyl (C=O) groups excluding carboxylic acids is 1. The number of carbonyl (C=O) groups is 1. The summed E-state index contributed by atoms with van der Waals surface area (Å²) in [4.78, 5) is 14.1. The number of nitriles is 1. The van der Waals surface area contributed by atoms with Crippen molar-refractivity contribution in [3.05, 3.63) is 16.9 Å². The molecular weight excluding hydrogens is 256 g/mol. The number of anilines is 1. The monoisotopic (exact) mass is 276 g/mol. The summed E-state index contributed by atoms with van der Waals surface area (Å²) in [5.74, 6) is 0.771. The summed E-state index contributed by atoms with van der Waals surface area (Å²) in [6, 6.07) is 2.46. The van der Waals surface area contributed by atoms with Crippen molar-refractivity contribution in [2.24, 2.45) is 0 Å². The minimum absolute atomic E-state index is 0.149. The van der Waals surface area contributed by atoms with E-state index < -0.39 is 0 Å². The fraction of sp³-hybridized carbons (Fsp3) is 0.571. The first kappa shape index (κ1) is 14.6. The second-order valence-electron chi connectivity index (χ2n) is 5.24. The van der Waals surface area contributed by atoms with Crippen LogP contribution in [-0.4, -0.2) is 43.0 Å². The van der Waals surface area contributed by atoms with Gasteiger partial charge in [-0.1, -0.05) is 0 Å². The molecule has 20 heavy (non-hydrogen) atoms. The molecule has 0 bridgehead atoms. The van der Waals surface area contributed by atoms with E-state index in [1.807, 2.05) is 6.92 Å². The van der Waals surface area contributed by atoms with Crippen molar-refractivity contribution in [1.29, 1.82) is 5.26 Å². The minimum Gasteiger partial charge on any atom is -0.444 e. The topological polar surface area (TPSA) is 81.3 Å². The molecule has 0 aliphatic carbocycles. The number of piperazine rings is 1. The Morgan fingerprint density at radius 3 is 3.00 bits per heavy atom. The Labute approximate surface area is 118 Å². The number of hydrogen-bond acceptors (Lipinski definition) is 5. The molecule has 1 atom stereocenters. The van der Waals surface area contributed by atoms with E-state index in [2.05, 4.69) is 28.5 Å². The number of rotatable bonds is 3.